The summed E-state index contributed by atoms with van der Waals surface area (Å²) in [7, 11) is 0. The van der Waals surface area contributed by atoms with Crippen LogP contribution in [0.5, 0.6) is 0 Å². The monoisotopic (exact) mass is 338 g/mol. The Kier molecular flexibility index (Phi) is 7.89. The van der Waals surface area contributed by atoms with Gasteiger partial charge in [0.2, 0.25) is 5.91 Å². The number of benzene rings is 1. The second-order valence-corrected chi connectivity index (χ2v) is 7.13. The van der Waals surface area contributed by atoms with Crippen molar-refractivity contribution in [3.8, 4) is 0 Å². The van der Waals surface area contributed by atoms with Crippen LogP contribution in [0.4, 0.5) is 4.39 Å². The predicted octanol–water partition coefficient (Wildman–Crippen LogP) is 3.61. The highest BCUT2D eigenvalue weighted by atomic mass is 32.2. The maximum Gasteiger partial charge on any atom is 0.230 e. The summed E-state index contributed by atoms with van der Waals surface area (Å²) < 4.78 is 13.2. The molecule has 1 aliphatic rings. The number of amides is 1. The fourth-order valence-electron chi connectivity index (χ4n) is 2.94. The minimum Gasteiger partial charge on any atom is -0.353 e. The molecule has 3 nitrogen and oxygen atoms in total. The molecule has 0 aromatic heterocycles. The molecule has 5 heteroatoms. The van der Waals surface area contributed by atoms with Crippen molar-refractivity contribution >= 4 is 17.7 Å². The Balaban J connectivity index is 1.95. The van der Waals surface area contributed by atoms with Crippen molar-refractivity contribution < 1.29 is 9.18 Å². The molecule has 0 bridgehead atoms. The normalized spacial score (nSPS) is 17.0. The largest absolute Gasteiger partial charge is 0.353 e. The lowest BCUT2D eigenvalue weighted by Gasteiger charge is -2.35. The van der Waals surface area contributed by atoms with E-state index in [1.807, 2.05) is 12.1 Å². The Labute approximate surface area is 143 Å². The molecular formula is C18H27FN2OS. The maximum absolute atomic E-state index is 13.2. The van der Waals surface area contributed by atoms with Gasteiger partial charge in [0.25, 0.3) is 0 Å². The Morgan fingerprint density at radius 2 is 1.96 bits per heavy atom. The van der Waals surface area contributed by atoms with Crippen LogP contribution in [0.3, 0.4) is 0 Å². The zero-order valence-electron chi connectivity index (χ0n) is 13.9. The fraction of sp³-hybridized carbons (Fsp3) is 0.611. The molecule has 23 heavy (non-hydrogen) atoms. The van der Waals surface area contributed by atoms with Crippen LogP contribution in [0.2, 0.25) is 0 Å². The molecule has 1 amide bonds. The number of carbonyl (C=O) groups excluding carboxylic acids is 1. The summed E-state index contributed by atoms with van der Waals surface area (Å²) in [5.41, 5.74) is 1.08. The number of halogens is 1. The van der Waals surface area contributed by atoms with Crippen LogP contribution in [0.15, 0.2) is 24.3 Å². The number of thioether (sulfide) groups is 1. The Bertz CT molecular complexity index is 474. The minimum absolute atomic E-state index is 0.0903. The Morgan fingerprint density at radius 1 is 1.26 bits per heavy atom. The lowest BCUT2D eigenvalue weighted by Crippen LogP contribution is -2.41. The van der Waals surface area contributed by atoms with Crippen LogP contribution in [0.1, 0.15) is 44.2 Å². The second kappa shape index (κ2) is 9.93. The lowest BCUT2D eigenvalue weighted by molar-refractivity contribution is -0.118. The van der Waals surface area contributed by atoms with Gasteiger partial charge in [-0.3, -0.25) is 9.69 Å². The first-order valence-corrected chi connectivity index (χ1v) is 9.70. The average molecular weight is 338 g/mol. The number of hydrogen-bond acceptors (Lipinski definition) is 3. The fourth-order valence-corrected chi connectivity index (χ4v) is 3.66. The van der Waals surface area contributed by atoms with Crippen LogP contribution in [0.25, 0.3) is 0 Å². The SMILES string of the molecule is CCCSCC(=O)NC[C@H](c1ccc(F)cc1)N1CCCCC1. The molecule has 1 heterocycles. The second-order valence-electron chi connectivity index (χ2n) is 6.02. The zero-order chi connectivity index (χ0) is 16.5. The highest BCUT2D eigenvalue weighted by Gasteiger charge is 2.22. The van der Waals surface area contributed by atoms with Gasteiger partial charge in [-0.15, -0.1) is 0 Å². The molecule has 0 radical (unpaired) electrons. The summed E-state index contributed by atoms with van der Waals surface area (Å²) in [5, 5.41) is 3.06. The van der Waals surface area contributed by atoms with Crippen LogP contribution in [-0.4, -0.2) is 41.9 Å². The zero-order valence-corrected chi connectivity index (χ0v) is 14.7. The molecule has 2 rings (SSSR count). The number of rotatable bonds is 8. The van der Waals surface area contributed by atoms with Crippen molar-refractivity contribution in [2.75, 3.05) is 31.1 Å². The van der Waals surface area contributed by atoms with Crippen molar-refractivity contribution in [3.05, 3.63) is 35.6 Å². The Hall–Kier alpha value is -1.07. The van der Waals surface area contributed by atoms with Gasteiger partial charge >= 0.3 is 0 Å². The number of nitrogens with zero attached hydrogens (tertiary/aromatic N) is 1. The molecular weight excluding hydrogens is 311 g/mol. The summed E-state index contributed by atoms with van der Waals surface area (Å²) in [6, 6.07) is 6.83. The van der Waals surface area contributed by atoms with Gasteiger partial charge in [0.05, 0.1) is 11.8 Å². The van der Waals surface area contributed by atoms with E-state index in [1.54, 1.807) is 11.8 Å². The van der Waals surface area contributed by atoms with E-state index in [0.717, 1.165) is 30.8 Å². The molecule has 0 unspecified atom stereocenters. The van der Waals surface area contributed by atoms with E-state index in [1.165, 1.54) is 31.4 Å². The number of nitrogens with one attached hydrogen (secondary N) is 1. The van der Waals surface area contributed by atoms with E-state index in [9.17, 15) is 9.18 Å². The first kappa shape index (κ1) is 18.3. The summed E-state index contributed by atoms with van der Waals surface area (Å²) in [5.74, 6) is 1.41. The maximum atomic E-state index is 13.2. The number of carbonyl (C=O) groups is 1. The standard InChI is InChI=1S/C18H27FN2OS/c1-2-12-23-14-18(22)20-13-17(21-10-4-3-5-11-21)15-6-8-16(19)9-7-15/h6-9,17H,2-5,10-14H2,1H3,(H,20,22)/t17-/m1/s1. The van der Waals surface area contributed by atoms with Gasteiger partial charge in [0, 0.05) is 6.54 Å². The van der Waals surface area contributed by atoms with Gasteiger partial charge in [-0.1, -0.05) is 25.5 Å². The lowest BCUT2D eigenvalue weighted by atomic mass is 10.0. The molecule has 0 spiro atoms. The molecule has 0 saturated carbocycles. The number of likely N-dealkylation sites (tertiary alicyclic amines) is 1. The third-order valence-corrected chi connectivity index (χ3v) is 5.32. The summed E-state index contributed by atoms with van der Waals surface area (Å²) in [6.45, 7) is 4.80. The van der Waals surface area contributed by atoms with E-state index >= 15 is 0 Å². The molecule has 1 aliphatic heterocycles. The van der Waals surface area contributed by atoms with Crippen LogP contribution in [0, 0.1) is 5.82 Å². The molecule has 1 saturated heterocycles. The van der Waals surface area contributed by atoms with Crippen LogP contribution in [-0.2, 0) is 4.79 Å². The number of hydrogen-bond donors (Lipinski definition) is 1. The van der Waals surface area contributed by atoms with Crippen LogP contribution < -0.4 is 5.32 Å². The first-order chi connectivity index (χ1) is 11.2. The van der Waals surface area contributed by atoms with Crippen molar-refractivity contribution in [3.63, 3.8) is 0 Å². The summed E-state index contributed by atoms with van der Waals surface area (Å²) >= 11 is 1.67. The smallest absolute Gasteiger partial charge is 0.230 e. The third-order valence-electron chi connectivity index (χ3n) is 4.16. The highest BCUT2D eigenvalue weighted by molar-refractivity contribution is 7.99. The van der Waals surface area contributed by atoms with Crippen molar-refractivity contribution in [2.24, 2.45) is 0 Å². The number of piperidine rings is 1. The van der Waals surface area contributed by atoms with Crippen molar-refractivity contribution in [1.29, 1.82) is 0 Å². The minimum atomic E-state index is -0.217. The van der Waals surface area contributed by atoms with Gasteiger partial charge in [-0.25, -0.2) is 4.39 Å². The van der Waals surface area contributed by atoms with E-state index in [0.29, 0.717) is 12.3 Å². The molecule has 128 valence electrons. The van der Waals surface area contributed by atoms with Gasteiger partial charge < -0.3 is 5.32 Å². The molecule has 1 aromatic rings. The van der Waals surface area contributed by atoms with Gasteiger partial charge in [0.15, 0.2) is 0 Å². The third kappa shape index (κ3) is 6.15. The molecule has 1 aromatic carbocycles. The first-order valence-electron chi connectivity index (χ1n) is 8.54. The van der Waals surface area contributed by atoms with Gasteiger partial charge in [-0.2, -0.15) is 11.8 Å². The van der Waals surface area contributed by atoms with Crippen LogP contribution >= 0.6 is 11.8 Å². The van der Waals surface area contributed by atoms with Gasteiger partial charge in [-0.05, 0) is 55.8 Å². The summed E-state index contributed by atoms with van der Waals surface area (Å²) in [4.78, 5) is 14.4. The predicted molar refractivity (Wildman–Crippen MR) is 95.2 cm³/mol. The quantitative estimate of drug-likeness (QED) is 0.735. The molecule has 1 atom stereocenters. The van der Waals surface area contributed by atoms with Crippen molar-refractivity contribution in [1.82, 2.24) is 10.2 Å². The molecule has 0 aliphatic carbocycles. The van der Waals surface area contributed by atoms with Crippen molar-refractivity contribution in [2.45, 2.75) is 38.6 Å². The molecule has 1 fully saturated rings. The van der Waals surface area contributed by atoms with E-state index in [-0.39, 0.29) is 17.8 Å². The molecule has 1 N–H and O–H groups in total. The van der Waals surface area contributed by atoms with Gasteiger partial charge in [0.1, 0.15) is 5.82 Å². The highest BCUT2D eigenvalue weighted by Crippen LogP contribution is 2.24. The van der Waals surface area contributed by atoms with E-state index < -0.39 is 0 Å². The average Bonchev–Trinajstić information content (AvgIpc) is 2.58. The topological polar surface area (TPSA) is 32.3 Å². The van der Waals surface area contributed by atoms with E-state index in [2.05, 4.69) is 17.1 Å². The van der Waals surface area contributed by atoms with E-state index in [4.69, 9.17) is 0 Å². The summed E-state index contributed by atoms with van der Waals surface area (Å²) in [6.07, 6.45) is 4.74. The Morgan fingerprint density at radius 3 is 2.61 bits per heavy atom.